The second-order valence-electron chi connectivity index (χ2n) is 26.0. The Hall–Kier alpha value is -10.1. The quantitative estimate of drug-likeness (QED) is 0.165. The van der Waals surface area contributed by atoms with Gasteiger partial charge in [0.25, 0.3) is 0 Å². The summed E-state index contributed by atoms with van der Waals surface area (Å²) < 4.78 is 28.3. The molecule has 0 saturated heterocycles. The molecular formula is C83H53GeNO3. The van der Waals surface area contributed by atoms with Gasteiger partial charge in [-0.1, -0.05) is 0 Å². The molecule has 0 saturated carbocycles. The minimum absolute atomic E-state index is 0.264. The number of hydrogen-bond donors (Lipinski definition) is 0. The number of benzene rings is 12. The van der Waals surface area contributed by atoms with Crippen LogP contribution in [-0.2, 0) is 16.2 Å². The molecule has 88 heavy (non-hydrogen) atoms. The van der Waals surface area contributed by atoms with Crippen LogP contribution in [0.4, 0.5) is 17.1 Å². The molecule has 0 aromatic heterocycles. The second-order valence-corrected chi connectivity index (χ2v) is 33.5. The van der Waals surface area contributed by atoms with E-state index in [1.807, 2.05) is 0 Å². The van der Waals surface area contributed by atoms with Gasteiger partial charge in [0.05, 0.1) is 0 Å². The molecule has 2 spiro atoms. The van der Waals surface area contributed by atoms with Gasteiger partial charge in [0, 0.05) is 0 Å². The van der Waals surface area contributed by atoms with E-state index in [4.69, 9.17) is 14.2 Å². The van der Waals surface area contributed by atoms with E-state index in [1.54, 1.807) is 0 Å². The Morgan fingerprint density at radius 1 is 0.375 bits per heavy atom. The molecule has 2 unspecified atom stereocenters. The fourth-order valence-corrected chi connectivity index (χ4v) is 30.2. The zero-order chi connectivity index (χ0) is 57.7. The van der Waals surface area contributed by atoms with Gasteiger partial charge in [-0.25, -0.2) is 0 Å². The molecule has 4 nitrogen and oxygen atoms in total. The van der Waals surface area contributed by atoms with Crippen molar-refractivity contribution in [2.24, 2.45) is 0 Å². The number of allylic oxidation sites excluding steroid dienone is 4. The number of anilines is 3. The van der Waals surface area contributed by atoms with Crippen molar-refractivity contribution in [3.8, 4) is 79.0 Å². The standard InChI is InChI=1S/C83H53GeNO3/c1-47-33-37-68-70(41-47)86-73-46-59(49-34-35-58-57-25-9-14-28-62(57)82(67(58)44-49)60-26-12-7-21-53(60)54-22-8-13-27-61(54)82)80-77-78(73)85(68)69-38-36-52(79-75(69)84(77,51-19-5-4-6-20-51)76-71(87-79)42-48(2)43-72(76)88-80)50-39-40-81(3)65-31-17-18-32-66(65)83(74(81)45-50)63-29-15-10-23-55(63)56-24-11-16-30-64(56)83/h4-39,41-46H,40H2,1-3H3. The molecule has 0 amide bonds. The average molecular weight is 1180 g/mol. The van der Waals surface area contributed by atoms with Crippen LogP contribution >= 0.6 is 0 Å². The van der Waals surface area contributed by atoms with Crippen LogP contribution in [0.3, 0.4) is 0 Å². The summed E-state index contributed by atoms with van der Waals surface area (Å²) in [6.45, 7) is 6.85. The van der Waals surface area contributed by atoms with Gasteiger partial charge in [-0.3, -0.25) is 0 Å². The fourth-order valence-electron chi connectivity index (χ4n) is 18.7. The first-order chi connectivity index (χ1) is 43.3. The molecule has 4 aliphatic heterocycles. The topological polar surface area (TPSA) is 30.9 Å². The Morgan fingerprint density at radius 2 is 0.886 bits per heavy atom. The van der Waals surface area contributed by atoms with Crippen LogP contribution in [0.2, 0.25) is 0 Å². The summed E-state index contributed by atoms with van der Waals surface area (Å²) in [6, 6.07) is 92.1. The van der Waals surface area contributed by atoms with Crippen molar-refractivity contribution in [3.63, 3.8) is 0 Å². The Kier molecular flexibility index (Phi) is 8.88. The molecule has 12 aromatic carbocycles. The van der Waals surface area contributed by atoms with Crippen LogP contribution in [0.5, 0.6) is 34.5 Å². The van der Waals surface area contributed by atoms with Crippen LogP contribution in [0.25, 0.3) is 50.1 Å². The zero-order valence-corrected chi connectivity index (χ0v) is 50.7. The Labute approximate surface area is 513 Å². The molecule has 412 valence electrons. The summed E-state index contributed by atoms with van der Waals surface area (Å²) in [6.07, 6.45) is 5.97. The Balaban J connectivity index is 0.861. The van der Waals surface area contributed by atoms with Crippen LogP contribution in [0.1, 0.15) is 74.5 Å². The van der Waals surface area contributed by atoms with Crippen molar-refractivity contribution in [3.05, 3.63) is 322 Å². The van der Waals surface area contributed by atoms with E-state index in [-0.39, 0.29) is 5.41 Å². The summed E-state index contributed by atoms with van der Waals surface area (Å²) in [4.78, 5) is 2.52. The van der Waals surface area contributed by atoms with E-state index in [2.05, 4.69) is 280 Å². The van der Waals surface area contributed by atoms with Crippen LogP contribution < -0.4 is 36.7 Å². The molecule has 0 fully saturated rings. The van der Waals surface area contributed by atoms with Crippen molar-refractivity contribution in [2.45, 2.75) is 43.4 Å². The number of hydrogen-bond acceptors (Lipinski definition) is 4. The molecule has 2 atom stereocenters. The summed E-state index contributed by atoms with van der Waals surface area (Å²) in [5, 5.41) is 0. The normalized spacial score (nSPS) is 19.2. The summed E-state index contributed by atoms with van der Waals surface area (Å²) in [7, 11) is 0. The monoisotopic (exact) mass is 1190 g/mol. The fraction of sp³-hybridized carbons (Fsp3) is 0.0843. The van der Waals surface area contributed by atoms with Gasteiger partial charge in [0.2, 0.25) is 0 Å². The third-order valence-corrected chi connectivity index (χ3v) is 32.1. The molecule has 0 bridgehead atoms. The summed E-state index contributed by atoms with van der Waals surface area (Å²) in [5.74, 6) is 5.24. The Morgan fingerprint density at radius 3 is 1.51 bits per heavy atom. The average Bonchev–Trinajstić information content (AvgIpc) is 0.958. The predicted octanol–water partition coefficient (Wildman–Crippen LogP) is 17.8. The van der Waals surface area contributed by atoms with E-state index in [0.29, 0.717) is 0 Å². The van der Waals surface area contributed by atoms with Crippen molar-refractivity contribution in [2.75, 3.05) is 4.90 Å². The molecule has 4 heterocycles. The third kappa shape index (κ3) is 5.39. The number of ether oxygens (including phenoxy) is 3. The molecule has 21 rings (SSSR count). The van der Waals surface area contributed by atoms with Crippen LogP contribution in [0.15, 0.2) is 260 Å². The molecular weight excluding hydrogens is 1130 g/mol. The number of fused-ring (bicyclic) bond motifs is 23. The summed E-state index contributed by atoms with van der Waals surface area (Å²) >= 11 is -4.44. The second kappa shape index (κ2) is 16.3. The van der Waals surface area contributed by atoms with Crippen molar-refractivity contribution in [1.82, 2.24) is 0 Å². The van der Waals surface area contributed by atoms with Gasteiger partial charge in [0.15, 0.2) is 0 Å². The Bertz CT molecular complexity index is 5250. The minimum atomic E-state index is -4.44. The van der Waals surface area contributed by atoms with Crippen molar-refractivity contribution < 1.29 is 14.2 Å². The first-order valence-corrected chi connectivity index (χ1v) is 35.2. The third-order valence-electron chi connectivity index (χ3n) is 21.9. The molecule has 5 heteroatoms. The van der Waals surface area contributed by atoms with E-state index in [1.165, 1.54) is 107 Å². The van der Waals surface area contributed by atoms with Gasteiger partial charge >= 0.3 is 517 Å². The predicted molar refractivity (Wildman–Crippen MR) is 356 cm³/mol. The van der Waals surface area contributed by atoms with Gasteiger partial charge in [0.1, 0.15) is 0 Å². The SMILES string of the molecule is Cc1ccc2c(c1)Oc1cc(-c3ccc4c(c3)C3(c5ccccc5-c5ccccc53)c3ccccc3-4)c3[c]4c1N2c1ccc(C2=CCC5(C)C(=C2)C2(c6ccccc6-c6ccccc62)c2ccccc25)c2[c]1[Ge]4([c]1ccccc1)[c]1c(cc(C)cc1O3)O2. The zero-order valence-electron chi connectivity index (χ0n) is 48.6. The van der Waals surface area contributed by atoms with Gasteiger partial charge in [-0.2, -0.15) is 0 Å². The molecule has 0 N–H and O–H groups in total. The van der Waals surface area contributed by atoms with E-state index in [9.17, 15) is 0 Å². The van der Waals surface area contributed by atoms with E-state index < -0.39 is 24.1 Å². The van der Waals surface area contributed by atoms with E-state index >= 15 is 0 Å². The molecule has 12 aromatic rings. The maximum absolute atomic E-state index is 7.88. The number of aryl methyl sites for hydroxylation is 2. The first-order valence-electron chi connectivity index (χ1n) is 31.0. The van der Waals surface area contributed by atoms with Gasteiger partial charge in [-0.05, 0) is 0 Å². The number of nitrogens with zero attached hydrogens (tertiary/aromatic N) is 1. The molecule has 0 radical (unpaired) electrons. The van der Waals surface area contributed by atoms with Gasteiger partial charge in [-0.15, -0.1) is 0 Å². The van der Waals surface area contributed by atoms with Crippen molar-refractivity contribution >= 4 is 53.5 Å². The van der Waals surface area contributed by atoms with E-state index in [0.717, 1.165) is 85.8 Å². The molecule has 5 aliphatic carbocycles. The first kappa shape index (κ1) is 48.0. The van der Waals surface area contributed by atoms with Gasteiger partial charge < -0.3 is 0 Å². The van der Waals surface area contributed by atoms with Crippen LogP contribution in [0, 0.1) is 13.8 Å². The van der Waals surface area contributed by atoms with Crippen molar-refractivity contribution in [1.29, 1.82) is 0 Å². The van der Waals surface area contributed by atoms with Crippen LogP contribution in [-0.4, -0.2) is 13.3 Å². The molecule has 9 aliphatic rings. The number of rotatable bonds is 3. The maximum atomic E-state index is 7.88. The summed E-state index contributed by atoms with van der Waals surface area (Å²) in [5.41, 5.74) is 28.5.